The molecule has 0 radical (unpaired) electrons. The molecule has 0 aromatic carbocycles. The molecular formula is C17H29N5O5S. The number of carbonyl (C=O) groups is 2. The summed E-state index contributed by atoms with van der Waals surface area (Å²) < 4.78 is 28.5. The molecule has 2 heterocycles. The van der Waals surface area contributed by atoms with Gasteiger partial charge in [0.2, 0.25) is 15.9 Å². The van der Waals surface area contributed by atoms with Crippen molar-refractivity contribution >= 4 is 22.0 Å². The third-order valence-electron chi connectivity index (χ3n) is 6.64. The maximum Gasteiger partial charge on any atom is 0.326 e. The van der Waals surface area contributed by atoms with Crippen molar-refractivity contribution < 1.29 is 22.9 Å². The van der Waals surface area contributed by atoms with Crippen molar-refractivity contribution in [2.45, 2.75) is 74.9 Å². The average molecular weight is 416 g/mol. The van der Waals surface area contributed by atoms with Crippen molar-refractivity contribution in [1.82, 2.24) is 25.5 Å². The fourth-order valence-electron chi connectivity index (χ4n) is 4.42. The van der Waals surface area contributed by atoms with Gasteiger partial charge in [-0.15, -0.1) is 0 Å². The van der Waals surface area contributed by atoms with Crippen molar-refractivity contribution in [2.24, 2.45) is 5.92 Å². The van der Waals surface area contributed by atoms with Crippen LogP contribution in [-0.4, -0.2) is 72.7 Å². The Hall–Kier alpha value is -1.27. The maximum absolute atomic E-state index is 13.2. The van der Waals surface area contributed by atoms with Crippen molar-refractivity contribution in [3.8, 4) is 0 Å². The molecule has 0 spiro atoms. The van der Waals surface area contributed by atoms with Gasteiger partial charge in [-0.3, -0.25) is 9.69 Å². The van der Waals surface area contributed by atoms with Gasteiger partial charge < -0.3 is 4.90 Å². The zero-order valence-electron chi connectivity index (χ0n) is 16.5. The summed E-state index contributed by atoms with van der Waals surface area (Å²) in [6, 6.07) is -0.872. The summed E-state index contributed by atoms with van der Waals surface area (Å²) >= 11 is 0. The van der Waals surface area contributed by atoms with E-state index in [2.05, 4.69) is 15.7 Å². The number of hydrogen-bond donors (Lipinski definition) is 3. The highest BCUT2D eigenvalue weighted by Crippen LogP contribution is 2.39. The summed E-state index contributed by atoms with van der Waals surface area (Å²) in [6.07, 6.45) is 2.90. The van der Waals surface area contributed by atoms with Gasteiger partial charge in [0.05, 0.1) is 23.3 Å². The summed E-state index contributed by atoms with van der Waals surface area (Å²) in [5.41, 5.74) is 5.18. The number of rotatable bonds is 5. The second-order valence-electron chi connectivity index (χ2n) is 8.89. The normalized spacial score (nSPS) is 37.9. The molecule has 28 heavy (non-hydrogen) atoms. The lowest BCUT2D eigenvalue weighted by Gasteiger charge is -2.47. The minimum absolute atomic E-state index is 0.0633. The van der Waals surface area contributed by atoms with Crippen LogP contribution in [0.25, 0.3) is 0 Å². The van der Waals surface area contributed by atoms with Crippen LogP contribution >= 0.6 is 0 Å². The SMILES string of the molecule is CC1NONC1CN1C(=O)C2CC(S(=O)(=O)NC3(C)CC3)CCC2N(C)C1=O. The monoisotopic (exact) mass is 415 g/mol. The highest BCUT2D eigenvalue weighted by molar-refractivity contribution is 7.90. The number of amides is 3. The van der Waals surface area contributed by atoms with Gasteiger partial charge in [-0.1, -0.05) is 0 Å². The Morgan fingerprint density at radius 3 is 2.57 bits per heavy atom. The van der Waals surface area contributed by atoms with Gasteiger partial charge in [0.25, 0.3) is 0 Å². The summed E-state index contributed by atoms with van der Waals surface area (Å²) in [5.74, 6) is -0.790. The molecule has 5 atom stereocenters. The summed E-state index contributed by atoms with van der Waals surface area (Å²) in [7, 11) is -1.81. The van der Waals surface area contributed by atoms with E-state index < -0.39 is 21.2 Å². The molecule has 2 saturated heterocycles. The number of imide groups is 1. The highest BCUT2D eigenvalue weighted by atomic mass is 32.2. The molecule has 2 saturated carbocycles. The molecule has 2 aliphatic carbocycles. The lowest BCUT2D eigenvalue weighted by molar-refractivity contribution is -0.140. The maximum atomic E-state index is 13.2. The van der Waals surface area contributed by atoms with Gasteiger partial charge in [-0.05, 0) is 46.0 Å². The minimum atomic E-state index is -3.50. The first-order valence-electron chi connectivity index (χ1n) is 9.89. The predicted octanol–water partition coefficient (Wildman–Crippen LogP) is -0.314. The number of hydroxylamine groups is 2. The molecule has 158 valence electrons. The van der Waals surface area contributed by atoms with Crippen molar-refractivity contribution in [2.75, 3.05) is 13.6 Å². The highest BCUT2D eigenvalue weighted by Gasteiger charge is 2.51. The fraction of sp³-hybridized carbons (Fsp3) is 0.882. The Morgan fingerprint density at radius 1 is 1.25 bits per heavy atom. The first kappa shape index (κ1) is 20.0. The smallest absolute Gasteiger partial charge is 0.324 e. The standard InChI is InChI=1S/C17H29N5O5S/c1-10-13(19-27-18-10)9-22-15(23)12-8-11(4-5-14(12)21(3)16(22)24)28(25,26)20-17(2)6-7-17/h10-14,18-20H,4-9H2,1-3H3. The van der Waals surface area contributed by atoms with Gasteiger partial charge >= 0.3 is 6.03 Å². The number of carbonyl (C=O) groups excluding carboxylic acids is 2. The lowest BCUT2D eigenvalue weighted by atomic mass is 9.81. The average Bonchev–Trinajstić information content (AvgIpc) is 3.22. The number of urea groups is 1. The Morgan fingerprint density at radius 2 is 1.96 bits per heavy atom. The fourth-order valence-corrected chi connectivity index (χ4v) is 6.38. The predicted molar refractivity (Wildman–Crippen MR) is 100 cm³/mol. The molecule has 0 aromatic heterocycles. The van der Waals surface area contributed by atoms with Gasteiger partial charge in [0.1, 0.15) is 0 Å². The Kier molecular flexibility index (Phi) is 4.94. The molecule has 10 nitrogen and oxygen atoms in total. The van der Waals surface area contributed by atoms with Gasteiger partial charge in [-0.2, -0.15) is 11.0 Å². The van der Waals surface area contributed by atoms with Crippen LogP contribution in [0.4, 0.5) is 4.79 Å². The number of nitrogens with zero attached hydrogens (tertiary/aromatic N) is 2. The van der Waals surface area contributed by atoms with E-state index in [1.807, 2.05) is 13.8 Å². The van der Waals surface area contributed by atoms with Crippen molar-refractivity contribution in [3.05, 3.63) is 0 Å². The van der Waals surface area contributed by atoms with Crippen LogP contribution in [0.5, 0.6) is 0 Å². The topological polar surface area (TPSA) is 120 Å². The lowest BCUT2D eigenvalue weighted by Crippen LogP contribution is -2.64. The molecule has 3 N–H and O–H groups in total. The van der Waals surface area contributed by atoms with E-state index in [0.717, 1.165) is 12.8 Å². The zero-order chi connectivity index (χ0) is 20.3. The molecule has 5 unspecified atom stereocenters. The minimum Gasteiger partial charge on any atom is -0.324 e. The Bertz CT molecular complexity index is 770. The van der Waals surface area contributed by atoms with E-state index in [1.165, 1.54) is 4.90 Å². The number of sulfonamides is 1. The second kappa shape index (κ2) is 6.91. The zero-order valence-corrected chi connectivity index (χ0v) is 17.3. The molecular weight excluding hydrogens is 386 g/mol. The van der Waals surface area contributed by atoms with Gasteiger partial charge in [-0.25, -0.2) is 22.9 Å². The molecule has 4 fully saturated rings. The number of fused-ring (bicyclic) bond motifs is 1. The molecule has 4 rings (SSSR count). The molecule has 0 aromatic rings. The van der Waals surface area contributed by atoms with Crippen LogP contribution < -0.4 is 15.7 Å². The largest absolute Gasteiger partial charge is 0.326 e. The van der Waals surface area contributed by atoms with Crippen LogP contribution in [0, 0.1) is 5.92 Å². The molecule has 4 aliphatic rings. The van der Waals surface area contributed by atoms with Crippen LogP contribution in [0.3, 0.4) is 0 Å². The molecule has 0 bridgehead atoms. The van der Waals surface area contributed by atoms with Crippen LogP contribution in [0.2, 0.25) is 0 Å². The van der Waals surface area contributed by atoms with E-state index in [-0.39, 0.29) is 48.6 Å². The summed E-state index contributed by atoms with van der Waals surface area (Å²) in [6.45, 7) is 3.97. The first-order valence-corrected chi connectivity index (χ1v) is 11.4. The van der Waals surface area contributed by atoms with E-state index in [4.69, 9.17) is 4.94 Å². The van der Waals surface area contributed by atoms with Crippen molar-refractivity contribution in [3.63, 3.8) is 0 Å². The van der Waals surface area contributed by atoms with E-state index in [0.29, 0.717) is 12.8 Å². The third kappa shape index (κ3) is 3.54. The van der Waals surface area contributed by atoms with Crippen LogP contribution in [0.1, 0.15) is 46.0 Å². The Labute approximate surface area is 165 Å². The van der Waals surface area contributed by atoms with Gasteiger partial charge in [0, 0.05) is 25.2 Å². The molecule has 11 heteroatoms. The quantitative estimate of drug-likeness (QED) is 0.563. The van der Waals surface area contributed by atoms with E-state index >= 15 is 0 Å². The number of hydrogen-bond acceptors (Lipinski definition) is 7. The van der Waals surface area contributed by atoms with Crippen LogP contribution in [0.15, 0.2) is 0 Å². The first-order chi connectivity index (χ1) is 13.1. The van der Waals surface area contributed by atoms with Gasteiger partial charge in [0.15, 0.2) is 0 Å². The second-order valence-corrected chi connectivity index (χ2v) is 10.9. The number of nitrogens with one attached hydrogen (secondary N) is 3. The van der Waals surface area contributed by atoms with E-state index in [9.17, 15) is 18.0 Å². The summed E-state index contributed by atoms with van der Waals surface area (Å²) in [4.78, 5) is 33.7. The van der Waals surface area contributed by atoms with Crippen LogP contribution in [-0.2, 0) is 19.8 Å². The molecule has 2 aliphatic heterocycles. The van der Waals surface area contributed by atoms with Crippen molar-refractivity contribution in [1.29, 1.82) is 0 Å². The molecule has 3 amide bonds. The summed E-state index contributed by atoms with van der Waals surface area (Å²) in [5, 5.41) is -0.605. The van der Waals surface area contributed by atoms with E-state index in [1.54, 1.807) is 11.9 Å². The third-order valence-corrected chi connectivity index (χ3v) is 8.73. The Balaban J connectivity index is 1.50.